The third kappa shape index (κ3) is 5.50. The number of amides is 1. The number of likely N-dealkylation sites (N-methyl/N-ethyl adjacent to an activating group) is 1. The fraction of sp³-hybridized carbons (Fsp3) is 0.750. The van der Waals surface area contributed by atoms with E-state index in [4.69, 9.17) is 4.74 Å². The molecule has 120 valence electrons. The van der Waals surface area contributed by atoms with Gasteiger partial charge in [-0.3, -0.25) is 14.9 Å². The van der Waals surface area contributed by atoms with E-state index < -0.39 is 6.04 Å². The Morgan fingerprint density at radius 2 is 2.14 bits per heavy atom. The van der Waals surface area contributed by atoms with Crippen LogP contribution >= 0.6 is 0 Å². The molecule has 0 aromatic rings. The summed E-state index contributed by atoms with van der Waals surface area (Å²) in [7, 11) is 1.38. The van der Waals surface area contributed by atoms with Crippen molar-refractivity contribution in [2.45, 2.75) is 52.5 Å². The number of hydrogen-bond acceptors (Lipinski definition) is 4. The van der Waals surface area contributed by atoms with Crippen molar-refractivity contribution in [3.05, 3.63) is 11.8 Å². The van der Waals surface area contributed by atoms with E-state index in [0.717, 1.165) is 25.0 Å². The SMILES string of the molecule is CCN(C(=O)CNC(CC(C)C)C(=O)OC)C1=CCCC1. The molecule has 0 aromatic heterocycles. The van der Waals surface area contributed by atoms with Gasteiger partial charge in [0.1, 0.15) is 6.04 Å². The zero-order chi connectivity index (χ0) is 15.8. The molecule has 1 amide bonds. The Kier molecular flexibility index (Phi) is 7.43. The molecular weight excluding hydrogens is 268 g/mol. The Balaban J connectivity index is 2.56. The third-order valence-electron chi connectivity index (χ3n) is 3.67. The van der Waals surface area contributed by atoms with Crippen molar-refractivity contribution >= 4 is 11.9 Å². The van der Waals surface area contributed by atoms with Gasteiger partial charge in [-0.25, -0.2) is 0 Å². The number of carbonyl (C=O) groups is 2. The van der Waals surface area contributed by atoms with Gasteiger partial charge in [-0.1, -0.05) is 19.9 Å². The molecule has 5 nitrogen and oxygen atoms in total. The van der Waals surface area contributed by atoms with Crippen molar-refractivity contribution in [3.63, 3.8) is 0 Å². The van der Waals surface area contributed by atoms with Gasteiger partial charge in [0.2, 0.25) is 5.91 Å². The number of rotatable bonds is 8. The molecule has 0 heterocycles. The predicted octanol–water partition coefficient (Wildman–Crippen LogP) is 2.08. The predicted molar refractivity (Wildman–Crippen MR) is 82.6 cm³/mol. The minimum atomic E-state index is -0.421. The van der Waals surface area contributed by atoms with E-state index in [0.29, 0.717) is 18.9 Å². The van der Waals surface area contributed by atoms with E-state index in [1.165, 1.54) is 7.11 Å². The number of esters is 1. The zero-order valence-electron chi connectivity index (χ0n) is 13.6. The number of nitrogens with zero attached hydrogens (tertiary/aromatic N) is 1. The summed E-state index contributed by atoms with van der Waals surface area (Å²) in [6.07, 6.45) is 5.92. The number of methoxy groups -OCH3 is 1. The topological polar surface area (TPSA) is 58.6 Å². The van der Waals surface area contributed by atoms with E-state index in [-0.39, 0.29) is 18.4 Å². The molecule has 1 unspecified atom stereocenters. The largest absolute Gasteiger partial charge is 0.468 e. The Hall–Kier alpha value is -1.36. The summed E-state index contributed by atoms with van der Waals surface area (Å²) in [5.74, 6) is 0.0689. The maximum atomic E-state index is 12.3. The fourth-order valence-corrected chi connectivity index (χ4v) is 2.62. The van der Waals surface area contributed by atoms with Crippen LogP contribution in [0.3, 0.4) is 0 Å². The van der Waals surface area contributed by atoms with E-state index >= 15 is 0 Å². The average Bonchev–Trinajstić information content (AvgIpc) is 2.97. The molecule has 1 rings (SSSR count). The van der Waals surface area contributed by atoms with Gasteiger partial charge < -0.3 is 9.64 Å². The number of hydrogen-bond donors (Lipinski definition) is 1. The van der Waals surface area contributed by atoms with Gasteiger partial charge in [0.25, 0.3) is 0 Å². The first kappa shape index (κ1) is 17.7. The van der Waals surface area contributed by atoms with Crippen LogP contribution < -0.4 is 5.32 Å². The van der Waals surface area contributed by atoms with Gasteiger partial charge in [0, 0.05) is 12.2 Å². The number of allylic oxidation sites excluding steroid dienone is 2. The molecule has 0 saturated heterocycles. The van der Waals surface area contributed by atoms with Crippen LogP contribution in [0.4, 0.5) is 0 Å². The Morgan fingerprint density at radius 1 is 1.43 bits per heavy atom. The minimum absolute atomic E-state index is 0.0170. The van der Waals surface area contributed by atoms with Crippen LogP contribution in [0.25, 0.3) is 0 Å². The highest BCUT2D eigenvalue weighted by atomic mass is 16.5. The van der Waals surface area contributed by atoms with Crippen LogP contribution in [0.15, 0.2) is 11.8 Å². The summed E-state index contributed by atoms with van der Waals surface area (Å²) in [6, 6.07) is -0.421. The molecule has 21 heavy (non-hydrogen) atoms. The quantitative estimate of drug-likeness (QED) is 0.697. The van der Waals surface area contributed by atoms with Crippen LogP contribution in [-0.4, -0.2) is 43.0 Å². The van der Waals surface area contributed by atoms with E-state index in [2.05, 4.69) is 11.4 Å². The molecular formula is C16H28N2O3. The standard InChI is InChI=1S/C16H28N2O3/c1-5-18(13-8-6-7-9-13)15(19)11-17-14(10-12(2)3)16(20)21-4/h8,12,14,17H,5-7,9-11H2,1-4H3. The summed E-state index contributed by atoms with van der Waals surface area (Å²) >= 11 is 0. The lowest BCUT2D eigenvalue weighted by molar-refractivity contribution is -0.143. The van der Waals surface area contributed by atoms with Crippen molar-refractivity contribution in [2.24, 2.45) is 5.92 Å². The normalized spacial score (nSPS) is 15.8. The van der Waals surface area contributed by atoms with Gasteiger partial charge >= 0.3 is 5.97 Å². The Labute approximate surface area is 127 Å². The molecule has 0 bridgehead atoms. The van der Waals surface area contributed by atoms with E-state index in [1.54, 1.807) is 0 Å². The van der Waals surface area contributed by atoms with E-state index in [1.807, 2.05) is 25.7 Å². The molecule has 1 N–H and O–H groups in total. The van der Waals surface area contributed by atoms with Crippen molar-refractivity contribution in [3.8, 4) is 0 Å². The lowest BCUT2D eigenvalue weighted by Gasteiger charge is -2.24. The second kappa shape index (κ2) is 8.82. The monoisotopic (exact) mass is 296 g/mol. The Bertz CT molecular complexity index is 391. The maximum Gasteiger partial charge on any atom is 0.322 e. The molecule has 0 saturated carbocycles. The van der Waals surface area contributed by atoms with Gasteiger partial charge in [0.05, 0.1) is 13.7 Å². The van der Waals surface area contributed by atoms with Gasteiger partial charge in [-0.05, 0) is 38.5 Å². The first-order chi connectivity index (χ1) is 9.99. The maximum absolute atomic E-state index is 12.3. The molecule has 0 fully saturated rings. The highest BCUT2D eigenvalue weighted by Crippen LogP contribution is 2.21. The van der Waals surface area contributed by atoms with Crippen molar-refractivity contribution in [1.29, 1.82) is 0 Å². The molecule has 5 heteroatoms. The van der Waals surface area contributed by atoms with Crippen LogP contribution in [0, 0.1) is 5.92 Å². The molecule has 0 aromatic carbocycles. The van der Waals surface area contributed by atoms with Gasteiger partial charge in [0.15, 0.2) is 0 Å². The molecule has 1 aliphatic carbocycles. The third-order valence-corrected chi connectivity index (χ3v) is 3.67. The summed E-state index contributed by atoms with van der Waals surface area (Å²) in [5.41, 5.74) is 1.11. The van der Waals surface area contributed by atoms with Crippen LogP contribution in [0.2, 0.25) is 0 Å². The van der Waals surface area contributed by atoms with Gasteiger partial charge in [-0.15, -0.1) is 0 Å². The van der Waals surface area contributed by atoms with E-state index in [9.17, 15) is 9.59 Å². The van der Waals surface area contributed by atoms with Crippen molar-refractivity contribution in [1.82, 2.24) is 10.2 Å². The summed E-state index contributed by atoms with van der Waals surface area (Å²) in [6.45, 7) is 6.89. The number of carbonyl (C=O) groups excluding carboxylic acids is 2. The lowest BCUT2D eigenvalue weighted by Crippen LogP contribution is -2.45. The highest BCUT2D eigenvalue weighted by Gasteiger charge is 2.23. The van der Waals surface area contributed by atoms with Crippen molar-refractivity contribution < 1.29 is 14.3 Å². The average molecular weight is 296 g/mol. The first-order valence-corrected chi connectivity index (χ1v) is 7.80. The second-order valence-electron chi connectivity index (χ2n) is 5.81. The smallest absolute Gasteiger partial charge is 0.322 e. The molecule has 0 spiro atoms. The van der Waals surface area contributed by atoms with Gasteiger partial charge in [-0.2, -0.15) is 0 Å². The number of ether oxygens (including phenoxy) is 1. The minimum Gasteiger partial charge on any atom is -0.468 e. The summed E-state index contributed by atoms with van der Waals surface area (Å²) in [4.78, 5) is 25.9. The zero-order valence-corrected chi connectivity index (χ0v) is 13.6. The second-order valence-corrected chi connectivity index (χ2v) is 5.81. The molecule has 0 radical (unpaired) electrons. The molecule has 1 atom stereocenters. The van der Waals surface area contributed by atoms with Crippen molar-refractivity contribution in [2.75, 3.05) is 20.2 Å². The number of nitrogens with one attached hydrogen (secondary N) is 1. The lowest BCUT2D eigenvalue weighted by atomic mass is 10.0. The fourth-order valence-electron chi connectivity index (χ4n) is 2.62. The van der Waals surface area contributed by atoms with Crippen LogP contribution in [-0.2, 0) is 14.3 Å². The summed E-state index contributed by atoms with van der Waals surface area (Å²) in [5, 5.41) is 3.05. The Morgan fingerprint density at radius 3 is 2.62 bits per heavy atom. The molecule has 1 aliphatic rings. The molecule has 0 aliphatic heterocycles. The summed E-state index contributed by atoms with van der Waals surface area (Å²) < 4.78 is 4.79. The first-order valence-electron chi connectivity index (χ1n) is 7.80. The van der Waals surface area contributed by atoms with Crippen LogP contribution in [0.5, 0.6) is 0 Å². The highest BCUT2D eigenvalue weighted by molar-refractivity contribution is 5.81. The van der Waals surface area contributed by atoms with Crippen LogP contribution in [0.1, 0.15) is 46.5 Å².